The van der Waals surface area contributed by atoms with Crippen LogP contribution in [-0.2, 0) is 40.0 Å². The second-order valence-corrected chi connectivity index (χ2v) is 13.3. The summed E-state index contributed by atoms with van der Waals surface area (Å²) in [5, 5.41) is 62.5. The van der Waals surface area contributed by atoms with Crippen LogP contribution < -0.4 is 43.4 Å². The third-order valence-corrected chi connectivity index (χ3v) is 8.11. The summed E-state index contributed by atoms with van der Waals surface area (Å²) in [5.74, 6) is -7.09. The first-order valence-electron chi connectivity index (χ1n) is 17.5. The van der Waals surface area contributed by atoms with Crippen molar-refractivity contribution in [2.24, 2.45) is 17.4 Å². The van der Waals surface area contributed by atoms with Crippen molar-refractivity contribution in [1.82, 2.24) is 31.9 Å². The van der Waals surface area contributed by atoms with E-state index in [9.17, 15) is 54.0 Å². The lowest BCUT2D eigenvalue weighted by molar-refractivity contribution is -0.142. The summed E-state index contributed by atoms with van der Waals surface area (Å²) in [6.07, 6.45) is -0.533. The minimum Gasteiger partial charge on any atom is -0.508 e. The van der Waals surface area contributed by atoms with Gasteiger partial charge in [0.15, 0.2) is 0 Å². The number of unbranched alkanes of at least 4 members (excludes halogenated alkanes) is 1. The number of amides is 6. The monoisotopic (exact) mass is 768 g/mol. The molecule has 1 aromatic rings. The van der Waals surface area contributed by atoms with Crippen LogP contribution in [0.15, 0.2) is 24.3 Å². The number of aliphatic carboxylic acids is 1. The number of carbonyl (C=O) groups is 7. The maximum atomic E-state index is 13.6. The van der Waals surface area contributed by atoms with Gasteiger partial charge in [0.2, 0.25) is 35.4 Å². The largest absolute Gasteiger partial charge is 0.508 e. The summed E-state index contributed by atoms with van der Waals surface area (Å²) in [7, 11) is 0. The van der Waals surface area contributed by atoms with Crippen LogP contribution in [0.3, 0.4) is 0 Å². The van der Waals surface area contributed by atoms with E-state index >= 15 is 0 Å². The summed E-state index contributed by atoms with van der Waals surface area (Å²) in [6.45, 7) is 4.41. The zero-order valence-electron chi connectivity index (χ0n) is 30.9. The molecule has 6 amide bonds. The highest BCUT2D eigenvalue weighted by Gasteiger charge is 2.33. The van der Waals surface area contributed by atoms with E-state index in [2.05, 4.69) is 31.9 Å². The number of phenols is 1. The molecule has 0 unspecified atom stereocenters. The van der Waals surface area contributed by atoms with Crippen molar-refractivity contribution >= 4 is 41.4 Å². The molecule has 1 aromatic carbocycles. The van der Waals surface area contributed by atoms with Gasteiger partial charge in [-0.15, -0.1) is 0 Å². The Labute approximate surface area is 313 Å². The zero-order valence-corrected chi connectivity index (χ0v) is 30.9. The first kappa shape index (κ1) is 47.1. The number of rotatable bonds is 24. The van der Waals surface area contributed by atoms with E-state index in [0.29, 0.717) is 18.4 Å². The van der Waals surface area contributed by atoms with Crippen LogP contribution in [0.2, 0.25) is 0 Å². The van der Waals surface area contributed by atoms with Crippen molar-refractivity contribution in [2.75, 3.05) is 19.8 Å². The molecule has 54 heavy (non-hydrogen) atoms. The van der Waals surface area contributed by atoms with E-state index in [0.717, 1.165) is 0 Å². The number of carboxylic acid groups (broad SMARTS) is 1. The number of benzene rings is 1. The van der Waals surface area contributed by atoms with Crippen molar-refractivity contribution in [1.29, 1.82) is 0 Å². The SMILES string of the molecule is CC(C)C[C@H](NC(=O)[C@H](CO)NC(=O)[C@H](Cc1ccc(O)cc1)NC(=O)[C@@H](N)[C@@H](C)O)C(=O)N[C@@H](CCCCN)C(=O)N[C@@H](CO)C(=O)N[C@@H](C)C(=O)O. The minimum atomic E-state index is -1.63. The molecule has 0 heterocycles. The van der Waals surface area contributed by atoms with Gasteiger partial charge in [-0.2, -0.15) is 0 Å². The molecule has 1 rings (SSSR count). The number of aliphatic hydroxyl groups is 3. The molecule has 0 aliphatic carbocycles. The maximum Gasteiger partial charge on any atom is 0.325 e. The number of hydrogen-bond donors (Lipinski definition) is 13. The van der Waals surface area contributed by atoms with Gasteiger partial charge in [0.05, 0.1) is 19.3 Å². The van der Waals surface area contributed by atoms with Gasteiger partial charge in [-0.1, -0.05) is 26.0 Å². The van der Waals surface area contributed by atoms with Gasteiger partial charge in [-0.25, -0.2) is 0 Å². The molecule has 0 fully saturated rings. The lowest BCUT2D eigenvalue weighted by atomic mass is 10.0. The Bertz CT molecular complexity index is 1410. The molecule has 0 saturated heterocycles. The molecule has 15 N–H and O–H groups in total. The van der Waals surface area contributed by atoms with Gasteiger partial charge in [-0.05, 0) is 69.7 Å². The van der Waals surface area contributed by atoms with E-state index < -0.39 is 103 Å². The Morgan fingerprint density at radius 2 is 1.09 bits per heavy atom. The van der Waals surface area contributed by atoms with Crippen molar-refractivity contribution in [3.05, 3.63) is 29.8 Å². The first-order chi connectivity index (χ1) is 25.3. The normalized spacial score (nSPS) is 15.6. The van der Waals surface area contributed by atoms with E-state index in [1.807, 2.05) is 0 Å². The van der Waals surface area contributed by atoms with Crippen LogP contribution in [0.5, 0.6) is 5.75 Å². The highest BCUT2D eigenvalue weighted by atomic mass is 16.4. The molecule has 20 heteroatoms. The van der Waals surface area contributed by atoms with Crippen molar-refractivity contribution < 1.29 is 59.1 Å². The number of carboxylic acids is 1. The summed E-state index contributed by atoms with van der Waals surface area (Å²) in [6, 6.07) is -4.19. The summed E-state index contributed by atoms with van der Waals surface area (Å²) < 4.78 is 0. The molecule has 304 valence electrons. The summed E-state index contributed by atoms with van der Waals surface area (Å²) in [5.41, 5.74) is 11.8. The second kappa shape index (κ2) is 23.7. The molecule has 0 aliphatic rings. The quantitative estimate of drug-likeness (QED) is 0.0444. The van der Waals surface area contributed by atoms with Crippen molar-refractivity contribution in [3.8, 4) is 5.75 Å². The van der Waals surface area contributed by atoms with Gasteiger partial charge in [0, 0.05) is 6.42 Å². The molecule has 0 spiro atoms. The molecule has 20 nitrogen and oxygen atoms in total. The second-order valence-electron chi connectivity index (χ2n) is 13.3. The van der Waals surface area contributed by atoms with Crippen LogP contribution >= 0.6 is 0 Å². The molecular formula is C34H56N8O12. The molecule has 0 aliphatic heterocycles. The predicted octanol–water partition coefficient (Wildman–Crippen LogP) is -4.18. The molecular weight excluding hydrogens is 712 g/mol. The fourth-order valence-corrected chi connectivity index (χ4v) is 4.88. The summed E-state index contributed by atoms with van der Waals surface area (Å²) in [4.78, 5) is 90.1. The van der Waals surface area contributed by atoms with Crippen LogP contribution in [0.1, 0.15) is 58.9 Å². The van der Waals surface area contributed by atoms with Crippen molar-refractivity contribution in [3.63, 3.8) is 0 Å². The number of nitrogens with one attached hydrogen (secondary N) is 6. The number of phenolic OH excluding ortho intramolecular Hbond substituents is 1. The summed E-state index contributed by atoms with van der Waals surface area (Å²) >= 11 is 0. The predicted molar refractivity (Wildman–Crippen MR) is 193 cm³/mol. The fourth-order valence-electron chi connectivity index (χ4n) is 4.88. The number of hydrogen-bond acceptors (Lipinski definition) is 13. The zero-order chi connectivity index (χ0) is 41.1. The molecule has 0 bridgehead atoms. The number of aliphatic hydroxyl groups excluding tert-OH is 3. The van der Waals surface area contributed by atoms with Crippen LogP contribution in [0.25, 0.3) is 0 Å². The lowest BCUT2D eigenvalue weighted by Gasteiger charge is -2.27. The smallest absolute Gasteiger partial charge is 0.325 e. The lowest BCUT2D eigenvalue weighted by Crippen LogP contribution is -2.61. The highest BCUT2D eigenvalue weighted by Crippen LogP contribution is 2.13. The molecule has 0 aromatic heterocycles. The Morgan fingerprint density at radius 1 is 0.648 bits per heavy atom. The van der Waals surface area contributed by atoms with E-state index in [-0.39, 0.29) is 37.5 Å². The highest BCUT2D eigenvalue weighted by molar-refractivity contribution is 5.97. The van der Waals surface area contributed by atoms with Gasteiger partial charge in [0.1, 0.15) is 48.0 Å². The molecule has 0 radical (unpaired) electrons. The third-order valence-electron chi connectivity index (χ3n) is 8.11. The molecule has 8 atom stereocenters. The van der Waals surface area contributed by atoms with Crippen LogP contribution in [-0.4, -0.2) is 135 Å². The average molecular weight is 769 g/mol. The van der Waals surface area contributed by atoms with Crippen LogP contribution in [0, 0.1) is 5.92 Å². The topological polar surface area (TPSA) is 345 Å². The fraction of sp³-hybridized carbons (Fsp3) is 0.618. The van der Waals surface area contributed by atoms with E-state index in [1.165, 1.54) is 38.1 Å². The Balaban J connectivity index is 3.22. The maximum absolute atomic E-state index is 13.6. The van der Waals surface area contributed by atoms with Gasteiger partial charge in [0.25, 0.3) is 0 Å². The standard InChI is InChI=1S/C34H56N8O12/c1-17(2)13-23(29(48)38-22(7-5-6-12-35)28(47)41-25(15-43)31(50)37-18(3)34(53)54)39-32(51)26(16-44)42-30(49)24(40-33(52)27(36)19(4)45)14-20-8-10-21(46)11-9-20/h8-11,17-19,22-27,43-46H,5-7,12-16,35-36H2,1-4H3,(H,37,50)(H,38,48)(H,39,51)(H,40,52)(H,41,47)(H,42,49)(H,53,54)/t18-,19+,22-,23-,24-,25-,26-,27-/m0/s1. The van der Waals surface area contributed by atoms with Gasteiger partial charge < -0.3 is 68.9 Å². The third kappa shape index (κ3) is 16.4. The number of aromatic hydroxyl groups is 1. The first-order valence-corrected chi connectivity index (χ1v) is 17.5. The Morgan fingerprint density at radius 3 is 1.57 bits per heavy atom. The average Bonchev–Trinajstić information content (AvgIpc) is 3.11. The molecule has 0 saturated carbocycles. The Kier molecular flexibility index (Phi) is 20.7. The Hall–Kier alpha value is -4.89. The van der Waals surface area contributed by atoms with Crippen LogP contribution in [0.4, 0.5) is 0 Å². The van der Waals surface area contributed by atoms with Gasteiger partial charge >= 0.3 is 5.97 Å². The van der Waals surface area contributed by atoms with Crippen molar-refractivity contribution in [2.45, 2.75) is 108 Å². The van der Waals surface area contributed by atoms with Gasteiger partial charge in [-0.3, -0.25) is 33.6 Å². The van der Waals surface area contributed by atoms with E-state index in [1.54, 1.807) is 13.8 Å². The number of nitrogens with two attached hydrogens (primary N) is 2. The minimum absolute atomic E-state index is 0.0323. The van der Waals surface area contributed by atoms with E-state index in [4.69, 9.17) is 16.6 Å². The number of carbonyl (C=O) groups excluding carboxylic acids is 6.